The summed E-state index contributed by atoms with van der Waals surface area (Å²) in [7, 11) is 0. The number of hydrogen-bond acceptors (Lipinski definition) is 5. The van der Waals surface area contributed by atoms with Crippen LogP contribution in [0.2, 0.25) is 0 Å². The maximum Gasteiger partial charge on any atom is 0.306 e. The Balaban J connectivity index is 0. The minimum atomic E-state index is -0.602. The number of aliphatic hydroxyl groups excluding tert-OH is 2. The Hall–Kier alpha value is -0.690. The molecule has 0 aromatic carbocycles. The number of carboxylic acids is 1. The lowest BCUT2D eigenvalue weighted by molar-refractivity contribution is -0.142. The van der Waals surface area contributed by atoms with Gasteiger partial charge in [0.25, 0.3) is 0 Å². The third-order valence-corrected chi connectivity index (χ3v) is 3.50. The molecule has 0 aliphatic heterocycles. The van der Waals surface area contributed by atoms with Crippen molar-refractivity contribution in [2.45, 2.75) is 65.2 Å². The quantitative estimate of drug-likeness (QED) is 0.370. The van der Waals surface area contributed by atoms with Gasteiger partial charge in [0.05, 0.1) is 45.6 Å². The number of ether oxygens (including phenoxy) is 2. The normalized spacial score (nSPS) is 11.7. The van der Waals surface area contributed by atoms with E-state index in [4.69, 9.17) is 24.8 Å². The zero-order valence-corrected chi connectivity index (χ0v) is 15.5. The number of hydrogen-bond donors (Lipinski definition) is 3. The van der Waals surface area contributed by atoms with Crippen molar-refractivity contribution in [1.82, 2.24) is 0 Å². The smallest absolute Gasteiger partial charge is 0.306 e. The highest BCUT2D eigenvalue weighted by molar-refractivity contribution is 5.69. The molecule has 146 valence electrons. The van der Waals surface area contributed by atoms with Crippen LogP contribution in [0.5, 0.6) is 0 Å². The molecule has 0 radical (unpaired) electrons. The zero-order valence-electron chi connectivity index (χ0n) is 15.5. The van der Waals surface area contributed by atoms with Gasteiger partial charge in [-0.15, -0.1) is 0 Å². The maximum absolute atomic E-state index is 10.9. The third kappa shape index (κ3) is 21.3. The number of carboxylic acid groups (broad SMARTS) is 1. The second-order valence-electron chi connectivity index (χ2n) is 5.70. The minimum absolute atomic E-state index is 0.0417. The number of carbonyl (C=O) groups is 1. The molecular formula is C18H38O6. The van der Waals surface area contributed by atoms with Crippen molar-refractivity contribution in [3.05, 3.63) is 0 Å². The van der Waals surface area contributed by atoms with Crippen LogP contribution in [0.15, 0.2) is 0 Å². The Morgan fingerprint density at radius 2 is 1.29 bits per heavy atom. The lowest BCUT2D eigenvalue weighted by atomic mass is 9.95. The molecule has 0 aliphatic carbocycles. The highest BCUT2D eigenvalue weighted by Gasteiger charge is 2.15. The van der Waals surface area contributed by atoms with E-state index < -0.39 is 5.97 Å². The first-order valence-corrected chi connectivity index (χ1v) is 9.23. The Bertz CT molecular complexity index is 240. The second kappa shape index (κ2) is 22.3. The Morgan fingerprint density at radius 3 is 1.71 bits per heavy atom. The van der Waals surface area contributed by atoms with Crippen LogP contribution in [0.4, 0.5) is 0 Å². The standard InChI is InChI=1S/C12H24O2.C6H14O4/c1-3-5-7-8-10-11(12(13)14)9-6-4-2;7-1-3-9-5-6-10-4-2-8/h11H,3-10H2,1-2H3,(H,13,14);7-8H,1-6H2. The van der Waals surface area contributed by atoms with Crippen LogP contribution in [-0.2, 0) is 14.3 Å². The van der Waals surface area contributed by atoms with Crippen molar-refractivity contribution in [3.8, 4) is 0 Å². The fraction of sp³-hybridized carbons (Fsp3) is 0.944. The summed E-state index contributed by atoms with van der Waals surface area (Å²) in [5, 5.41) is 25.5. The van der Waals surface area contributed by atoms with E-state index in [0.29, 0.717) is 26.4 Å². The van der Waals surface area contributed by atoms with Crippen molar-refractivity contribution < 1.29 is 29.6 Å². The predicted molar refractivity (Wildman–Crippen MR) is 95.2 cm³/mol. The molecule has 6 heteroatoms. The van der Waals surface area contributed by atoms with Crippen molar-refractivity contribution in [3.63, 3.8) is 0 Å². The van der Waals surface area contributed by atoms with Gasteiger partial charge >= 0.3 is 5.97 Å². The average Bonchev–Trinajstić information content (AvgIpc) is 2.58. The summed E-state index contributed by atoms with van der Waals surface area (Å²) in [5.41, 5.74) is 0. The average molecular weight is 350 g/mol. The molecule has 0 saturated heterocycles. The van der Waals surface area contributed by atoms with Gasteiger partial charge < -0.3 is 24.8 Å². The fourth-order valence-electron chi connectivity index (χ4n) is 2.11. The largest absolute Gasteiger partial charge is 0.481 e. The molecule has 1 unspecified atom stereocenters. The maximum atomic E-state index is 10.9. The van der Waals surface area contributed by atoms with Gasteiger partial charge in [0.2, 0.25) is 0 Å². The van der Waals surface area contributed by atoms with Crippen LogP contribution in [0.25, 0.3) is 0 Å². The van der Waals surface area contributed by atoms with Crippen molar-refractivity contribution >= 4 is 5.97 Å². The molecule has 1 atom stereocenters. The van der Waals surface area contributed by atoms with Crippen LogP contribution in [-0.4, -0.2) is 60.9 Å². The Labute approximate surface area is 147 Å². The summed E-state index contributed by atoms with van der Waals surface area (Å²) < 4.78 is 9.75. The van der Waals surface area contributed by atoms with E-state index in [2.05, 4.69) is 13.8 Å². The number of rotatable bonds is 16. The topological polar surface area (TPSA) is 96.2 Å². The highest BCUT2D eigenvalue weighted by Crippen LogP contribution is 2.17. The van der Waals surface area contributed by atoms with Crippen LogP contribution < -0.4 is 0 Å². The van der Waals surface area contributed by atoms with E-state index >= 15 is 0 Å². The van der Waals surface area contributed by atoms with Crippen LogP contribution in [0.1, 0.15) is 65.2 Å². The summed E-state index contributed by atoms with van der Waals surface area (Å²) in [4.78, 5) is 10.9. The molecule has 0 spiro atoms. The monoisotopic (exact) mass is 350 g/mol. The van der Waals surface area contributed by atoms with E-state index in [-0.39, 0.29) is 19.1 Å². The van der Waals surface area contributed by atoms with Gasteiger partial charge in [-0.05, 0) is 12.8 Å². The van der Waals surface area contributed by atoms with Crippen LogP contribution in [0.3, 0.4) is 0 Å². The van der Waals surface area contributed by atoms with Gasteiger partial charge in [-0.2, -0.15) is 0 Å². The molecule has 24 heavy (non-hydrogen) atoms. The summed E-state index contributed by atoms with van der Waals surface area (Å²) in [6.07, 6.45) is 8.59. The number of aliphatic carboxylic acids is 1. The van der Waals surface area contributed by atoms with Crippen LogP contribution >= 0.6 is 0 Å². The minimum Gasteiger partial charge on any atom is -0.481 e. The van der Waals surface area contributed by atoms with Gasteiger partial charge in [0.1, 0.15) is 0 Å². The first-order chi connectivity index (χ1) is 11.6. The van der Waals surface area contributed by atoms with Gasteiger partial charge in [0.15, 0.2) is 0 Å². The summed E-state index contributed by atoms with van der Waals surface area (Å²) in [5.74, 6) is -0.693. The Kier molecular flexibility index (Phi) is 23.7. The molecule has 0 fully saturated rings. The summed E-state index contributed by atoms with van der Waals surface area (Å²) in [6.45, 7) is 6.01. The van der Waals surface area contributed by atoms with Crippen LogP contribution in [0, 0.1) is 5.92 Å². The molecule has 0 saturated carbocycles. The molecule has 0 bridgehead atoms. The van der Waals surface area contributed by atoms with E-state index in [1.165, 1.54) is 19.3 Å². The molecule has 6 nitrogen and oxygen atoms in total. The molecule has 0 rings (SSSR count). The molecular weight excluding hydrogens is 312 g/mol. The van der Waals surface area contributed by atoms with Crippen molar-refractivity contribution in [1.29, 1.82) is 0 Å². The van der Waals surface area contributed by atoms with E-state index in [1.807, 2.05) is 0 Å². The zero-order chi connectivity index (χ0) is 18.5. The second-order valence-corrected chi connectivity index (χ2v) is 5.70. The molecule has 0 amide bonds. The molecule has 0 aliphatic rings. The van der Waals surface area contributed by atoms with E-state index in [1.54, 1.807) is 0 Å². The first kappa shape index (κ1) is 25.5. The SMILES string of the molecule is CCCCCCC(CCCC)C(=O)O.OCCOCCOCCO. The number of unbranched alkanes of at least 4 members (excludes halogenated alkanes) is 4. The van der Waals surface area contributed by atoms with Crippen molar-refractivity contribution in [2.24, 2.45) is 5.92 Å². The molecule has 3 N–H and O–H groups in total. The first-order valence-electron chi connectivity index (χ1n) is 9.23. The third-order valence-electron chi connectivity index (χ3n) is 3.50. The molecule has 0 heterocycles. The summed E-state index contributed by atoms with van der Waals surface area (Å²) in [6, 6.07) is 0. The van der Waals surface area contributed by atoms with E-state index in [0.717, 1.165) is 32.1 Å². The number of aliphatic hydroxyl groups is 2. The molecule has 0 aromatic heterocycles. The highest BCUT2D eigenvalue weighted by atomic mass is 16.5. The molecule has 0 aromatic rings. The Morgan fingerprint density at radius 1 is 0.792 bits per heavy atom. The van der Waals surface area contributed by atoms with Crippen molar-refractivity contribution in [2.75, 3.05) is 39.6 Å². The van der Waals surface area contributed by atoms with Gasteiger partial charge in [-0.25, -0.2) is 0 Å². The lowest BCUT2D eigenvalue weighted by Crippen LogP contribution is -2.13. The fourth-order valence-corrected chi connectivity index (χ4v) is 2.11. The lowest BCUT2D eigenvalue weighted by Gasteiger charge is -2.10. The van der Waals surface area contributed by atoms with Gasteiger partial charge in [-0.3, -0.25) is 4.79 Å². The van der Waals surface area contributed by atoms with E-state index in [9.17, 15) is 4.79 Å². The summed E-state index contributed by atoms with van der Waals surface area (Å²) >= 11 is 0. The predicted octanol–water partition coefficient (Wildman–Crippen LogP) is 2.85. The van der Waals surface area contributed by atoms with Gasteiger partial charge in [0, 0.05) is 0 Å². The van der Waals surface area contributed by atoms with Gasteiger partial charge in [-0.1, -0.05) is 52.4 Å².